The molecule has 0 amide bonds. The third-order valence-electron chi connectivity index (χ3n) is 4.60. The minimum absolute atomic E-state index is 0.163. The van der Waals surface area contributed by atoms with Gasteiger partial charge in [-0.15, -0.1) is 0 Å². The van der Waals surface area contributed by atoms with Gasteiger partial charge in [0.1, 0.15) is 5.82 Å². The van der Waals surface area contributed by atoms with Crippen LogP contribution in [0.5, 0.6) is 0 Å². The zero-order valence-electron chi connectivity index (χ0n) is 14.9. The molecule has 2 rings (SSSR count). The zero-order valence-corrected chi connectivity index (χ0v) is 14.9. The van der Waals surface area contributed by atoms with E-state index in [2.05, 4.69) is 22.3 Å². The third kappa shape index (κ3) is 6.48. The SMILES string of the molecule is CN=C(NCCCc1cccc(F)c1)N(C)CCC1CCOCC1. The maximum atomic E-state index is 13.2. The van der Waals surface area contributed by atoms with Gasteiger partial charge in [-0.25, -0.2) is 4.39 Å². The van der Waals surface area contributed by atoms with E-state index in [0.29, 0.717) is 0 Å². The highest BCUT2D eigenvalue weighted by Gasteiger charge is 2.15. The Morgan fingerprint density at radius 1 is 1.38 bits per heavy atom. The molecule has 24 heavy (non-hydrogen) atoms. The van der Waals surface area contributed by atoms with Crippen LogP contribution in [0.15, 0.2) is 29.3 Å². The number of benzene rings is 1. The number of hydrogen-bond acceptors (Lipinski definition) is 2. The van der Waals surface area contributed by atoms with E-state index in [1.807, 2.05) is 13.1 Å². The number of rotatable bonds is 7. The van der Waals surface area contributed by atoms with Crippen LogP contribution >= 0.6 is 0 Å². The van der Waals surface area contributed by atoms with Crippen LogP contribution in [0.4, 0.5) is 4.39 Å². The summed E-state index contributed by atoms with van der Waals surface area (Å²) >= 11 is 0. The number of aryl methyl sites for hydroxylation is 1. The lowest BCUT2D eigenvalue weighted by Crippen LogP contribution is -2.40. The van der Waals surface area contributed by atoms with Gasteiger partial charge in [0.2, 0.25) is 0 Å². The van der Waals surface area contributed by atoms with Crippen LogP contribution in [0, 0.1) is 11.7 Å². The van der Waals surface area contributed by atoms with Crippen LogP contribution in [0.3, 0.4) is 0 Å². The van der Waals surface area contributed by atoms with E-state index in [1.165, 1.54) is 25.3 Å². The second kappa shape index (κ2) is 10.3. The standard InChI is InChI=1S/C19H30FN3O/c1-21-19(23(2)12-8-16-9-13-24-14-10-16)22-11-4-6-17-5-3-7-18(20)15-17/h3,5,7,15-16H,4,6,8-14H2,1-2H3,(H,21,22). The largest absolute Gasteiger partial charge is 0.381 e. The molecule has 0 spiro atoms. The Hall–Kier alpha value is -1.62. The molecule has 0 aliphatic carbocycles. The van der Waals surface area contributed by atoms with E-state index < -0.39 is 0 Å². The van der Waals surface area contributed by atoms with Gasteiger partial charge in [-0.3, -0.25) is 4.99 Å². The van der Waals surface area contributed by atoms with E-state index in [4.69, 9.17) is 4.74 Å². The number of aliphatic imine (C=N–C) groups is 1. The van der Waals surface area contributed by atoms with Crippen molar-refractivity contribution in [3.05, 3.63) is 35.6 Å². The van der Waals surface area contributed by atoms with Crippen LogP contribution in [0.25, 0.3) is 0 Å². The highest BCUT2D eigenvalue weighted by atomic mass is 19.1. The summed E-state index contributed by atoms with van der Waals surface area (Å²) in [5.41, 5.74) is 1.04. The summed E-state index contributed by atoms with van der Waals surface area (Å²) in [7, 11) is 3.90. The fourth-order valence-corrected chi connectivity index (χ4v) is 3.09. The molecule has 5 heteroatoms. The Morgan fingerprint density at radius 2 is 2.17 bits per heavy atom. The lowest BCUT2D eigenvalue weighted by molar-refractivity contribution is 0.0625. The van der Waals surface area contributed by atoms with Crippen molar-refractivity contribution < 1.29 is 9.13 Å². The van der Waals surface area contributed by atoms with Crippen molar-refractivity contribution in [2.24, 2.45) is 10.9 Å². The molecule has 1 heterocycles. The third-order valence-corrected chi connectivity index (χ3v) is 4.60. The maximum Gasteiger partial charge on any atom is 0.193 e. The van der Waals surface area contributed by atoms with E-state index in [-0.39, 0.29) is 5.82 Å². The molecule has 0 unspecified atom stereocenters. The van der Waals surface area contributed by atoms with E-state index >= 15 is 0 Å². The van der Waals surface area contributed by atoms with Crippen LogP contribution in [0.2, 0.25) is 0 Å². The highest BCUT2D eigenvalue weighted by molar-refractivity contribution is 5.79. The van der Waals surface area contributed by atoms with Crippen LogP contribution in [0.1, 0.15) is 31.2 Å². The average Bonchev–Trinajstić information content (AvgIpc) is 2.61. The Morgan fingerprint density at radius 3 is 2.88 bits per heavy atom. The average molecular weight is 335 g/mol. The van der Waals surface area contributed by atoms with Gasteiger partial charge < -0.3 is 15.0 Å². The summed E-state index contributed by atoms with van der Waals surface area (Å²) in [4.78, 5) is 6.55. The molecule has 1 fully saturated rings. The first-order valence-electron chi connectivity index (χ1n) is 8.93. The van der Waals surface area contributed by atoms with Gasteiger partial charge in [0, 0.05) is 40.4 Å². The van der Waals surface area contributed by atoms with Crippen molar-refractivity contribution in [2.75, 3.05) is 40.4 Å². The second-order valence-electron chi connectivity index (χ2n) is 6.47. The molecule has 1 saturated heterocycles. The lowest BCUT2D eigenvalue weighted by atomic mass is 9.96. The molecule has 1 N–H and O–H groups in total. The van der Waals surface area contributed by atoms with Gasteiger partial charge in [0.15, 0.2) is 5.96 Å². The molecule has 134 valence electrons. The maximum absolute atomic E-state index is 13.2. The Bertz CT molecular complexity index is 515. The fourth-order valence-electron chi connectivity index (χ4n) is 3.09. The van der Waals surface area contributed by atoms with Crippen molar-refractivity contribution >= 4 is 5.96 Å². The van der Waals surface area contributed by atoms with Crippen LogP contribution in [-0.2, 0) is 11.2 Å². The quantitative estimate of drug-likeness (QED) is 0.473. The summed E-state index contributed by atoms with van der Waals surface area (Å²) in [6, 6.07) is 6.82. The molecular weight excluding hydrogens is 305 g/mol. The van der Waals surface area contributed by atoms with Gasteiger partial charge in [-0.1, -0.05) is 12.1 Å². The van der Waals surface area contributed by atoms with Crippen molar-refractivity contribution in [3.63, 3.8) is 0 Å². The molecule has 0 saturated carbocycles. The molecule has 0 bridgehead atoms. The summed E-state index contributed by atoms with van der Waals surface area (Å²) < 4.78 is 18.6. The fraction of sp³-hybridized carbons (Fsp3) is 0.632. The monoisotopic (exact) mass is 335 g/mol. The summed E-state index contributed by atoms with van der Waals surface area (Å²) in [6.45, 7) is 3.65. The van der Waals surface area contributed by atoms with Crippen molar-refractivity contribution in [3.8, 4) is 0 Å². The van der Waals surface area contributed by atoms with E-state index in [9.17, 15) is 4.39 Å². The Balaban J connectivity index is 1.65. The normalized spacial score (nSPS) is 16.2. The van der Waals surface area contributed by atoms with Gasteiger partial charge in [-0.2, -0.15) is 0 Å². The number of guanidine groups is 1. The number of nitrogens with zero attached hydrogens (tertiary/aromatic N) is 2. The topological polar surface area (TPSA) is 36.9 Å². The first kappa shape index (κ1) is 18.7. The zero-order chi connectivity index (χ0) is 17.2. The minimum Gasteiger partial charge on any atom is -0.381 e. The van der Waals surface area contributed by atoms with Gasteiger partial charge in [0.05, 0.1) is 0 Å². The van der Waals surface area contributed by atoms with E-state index in [1.54, 1.807) is 12.1 Å². The Labute approximate surface area is 145 Å². The van der Waals surface area contributed by atoms with Crippen molar-refractivity contribution in [2.45, 2.75) is 32.1 Å². The predicted molar refractivity (Wildman–Crippen MR) is 96.9 cm³/mol. The number of nitrogens with one attached hydrogen (secondary N) is 1. The minimum atomic E-state index is -0.163. The molecule has 1 aliphatic rings. The van der Waals surface area contributed by atoms with Crippen molar-refractivity contribution in [1.82, 2.24) is 10.2 Å². The van der Waals surface area contributed by atoms with Gasteiger partial charge in [0.25, 0.3) is 0 Å². The van der Waals surface area contributed by atoms with Gasteiger partial charge >= 0.3 is 0 Å². The van der Waals surface area contributed by atoms with Gasteiger partial charge in [-0.05, 0) is 55.7 Å². The molecule has 0 aromatic heterocycles. The number of ether oxygens (including phenoxy) is 1. The first-order chi connectivity index (χ1) is 11.7. The molecule has 0 radical (unpaired) electrons. The predicted octanol–water partition coefficient (Wildman–Crippen LogP) is 3.08. The Kier molecular flexibility index (Phi) is 8.02. The summed E-state index contributed by atoms with van der Waals surface area (Å²) in [5, 5.41) is 3.40. The van der Waals surface area contributed by atoms with E-state index in [0.717, 1.165) is 56.6 Å². The molecule has 4 nitrogen and oxygen atoms in total. The smallest absolute Gasteiger partial charge is 0.193 e. The first-order valence-corrected chi connectivity index (χ1v) is 8.93. The summed E-state index contributed by atoms with van der Waals surface area (Å²) in [5.74, 6) is 1.54. The second-order valence-corrected chi connectivity index (χ2v) is 6.47. The molecule has 1 aliphatic heterocycles. The lowest BCUT2D eigenvalue weighted by Gasteiger charge is -2.26. The highest BCUT2D eigenvalue weighted by Crippen LogP contribution is 2.18. The number of hydrogen-bond donors (Lipinski definition) is 1. The van der Waals surface area contributed by atoms with Crippen LogP contribution < -0.4 is 5.32 Å². The molecule has 0 atom stereocenters. The molecule has 1 aromatic rings. The van der Waals surface area contributed by atoms with Crippen molar-refractivity contribution in [1.29, 1.82) is 0 Å². The number of halogens is 1. The summed E-state index contributed by atoms with van der Waals surface area (Å²) in [6.07, 6.45) is 5.36. The molecular formula is C19H30FN3O. The molecule has 1 aromatic carbocycles. The van der Waals surface area contributed by atoms with Crippen LogP contribution in [-0.4, -0.2) is 51.3 Å².